The largest absolute Gasteiger partial charge is 0.391 e. The molecule has 148 valence electrons. The van der Waals surface area contributed by atoms with Gasteiger partial charge in [-0.2, -0.15) is 0 Å². The first kappa shape index (κ1) is 19.4. The number of hydrogen-bond donors (Lipinski definition) is 5. The van der Waals surface area contributed by atoms with Crippen molar-refractivity contribution in [3.63, 3.8) is 0 Å². The number of carbonyl (C=O) groups is 2. The fraction of sp³-hybridized carbons (Fsp3) is 0.579. The van der Waals surface area contributed by atoms with Gasteiger partial charge in [0.1, 0.15) is 6.10 Å². The first-order chi connectivity index (χ1) is 13.0. The van der Waals surface area contributed by atoms with Crippen LogP contribution in [0.5, 0.6) is 0 Å². The number of urea groups is 1. The van der Waals surface area contributed by atoms with E-state index in [1.54, 1.807) is 6.07 Å². The molecule has 3 rings (SSSR count). The summed E-state index contributed by atoms with van der Waals surface area (Å²) >= 11 is 0. The number of nitrogens with one attached hydrogen (secondary N) is 3. The summed E-state index contributed by atoms with van der Waals surface area (Å²) in [6.07, 6.45) is 3.99. The molecule has 3 unspecified atom stereocenters. The van der Waals surface area contributed by atoms with Gasteiger partial charge in [0.25, 0.3) is 5.91 Å². The number of hydrogen-bond acceptors (Lipinski definition) is 5. The summed E-state index contributed by atoms with van der Waals surface area (Å²) in [7, 11) is 0. The zero-order valence-electron chi connectivity index (χ0n) is 15.6. The summed E-state index contributed by atoms with van der Waals surface area (Å²) in [6.45, 7) is 2.48. The second-order valence-electron chi connectivity index (χ2n) is 7.16. The third-order valence-corrected chi connectivity index (χ3v) is 5.09. The van der Waals surface area contributed by atoms with Crippen molar-refractivity contribution in [2.45, 2.75) is 63.7 Å². The van der Waals surface area contributed by atoms with Gasteiger partial charge >= 0.3 is 6.03 Å². The van der Waals surface area contributed by atoms with Crippen LogP contribution in [0.2, 0.25) is 0 Å². The Morgan fingerprint density at radius 3 is 2.78 bits per heavy atom. The lowest BCUT2D eigenvalue weighted by Gasteiger charge is -2.33. The molecule has 1 aliphatic heterocycles. The van der Waals surface area contributed by atoms with E-state index in [9.17, 15) is 14.7 Å². The molecule has 0 spiro atoms. The molecular formula is C19H28N4O4. The molecule has 3 amide bonds. The highest BCUT2D eigenvalue weighted by Gasteiger charge is 2.32. The molecule has 1 aliphatic carbocycles. The molecule has 0 bridgehead atoms. The SMILES string of the molecule is CCCOC1Cc2c(NC3CCCCC3O)ccc(NC(N)=O)c2NC1=O. The van der Waals surface area contributed by atoms with Crippen LogP contribution in [0.25, 0.3) is 0 Å². The van der Waals surface area contributed by atoms with Crippen LogP contribution in [0.3, 0.4) is 0 Å². The number of nitrogens with two attached hydrogens (primary N) is 1. The van der Waals surface area contributed by atoms with E-state index in [-0.39, 0.29) is 11.9 Å². The molecule has 0 saturated heterocycles. The number of carbonyl (C=O) groups excluding carboxylic acids is 2. The molecule has 1 aromatic rings. The standard InChI is InChI=1S/C19H28N4O4/c1-2-9-27-16-10-11-12(21-13-5-3-4-6-15(13)24)7-8-14(22-19(20)26)17(11)23-18(16)25/h7-8,13,15-16,21,24H,2-6,9-10H2,1H3,(H,23,25)(H3,20,22,26). The van der Waals surface area contributed by atoms with Gasteiger partial charge < -0.3 is 31.5 Å². The number of anilines is 3. The predicted molar refractivity (Wildman–Crippen MR) is 104 cm³/mol. The van der Waals surface area contributed by atoms with Crippen molar-refractivity contribution >= 4 is 29.0 Å². The Kier molecular flexibility index (Phi) is 6.18. The zero-order valence-corrected chi connectivity index (χ0v) is 15.6. The van der Waals surface area contributed by atoms with Gasteiger partial charge in [0.2, 0.25) is 0 Å². The van der Waals surface area contributed by atoms with Crippen molar-refractivity contribution < 1.29 is 19.4 Å². The van der Waals surface area contributed by atoms with Crippen molar-refractivity contribution in [2.24, 2.45) is 5.73 Å². The first-order valence-electron chi connectivity index (χ1n) is 9.59. The Balaban J connectivity index is 1.91. The smallest absolute Gasteiger partial charge is 0.316 e. The van der Waals surface area contributed by atoms with Crippen LogP contribution in [0, 0.1) is 0 Å². The molecule has 1 saturated carbocycles. The third kappa shape index (κ3) is 4.51. The Labute approximate surface area is 158 Å². The molecule has 2 aliphatic rings. The zero-order chi connectivity index (χ0) is 19.4. The van der Waals surface area contributed by atoms with Crippen LogP contribution in [-0.4, -0.2) is 41.9 Å². The highest BCUT2D eigenvalue weighted by atomic mass is 16.5. The minimum absolute atomic E-state index is 0.0366. The van der Waals surface area contributed by atoms with Gasteiger partial charge in [-0.25, -0.2) is 4.79 Å². The van der Waals surface area contributed by atoms with Gasteiger partial charge in [-0.15, -0.1) is 0 Å². The summed E-state index contributed by atoms with van der Waals surface area (Å²) in [4.78, 5) is 23.7. The van der Waals surface area contributed by atoms with E-state index >= 15 is 0 Å². The van der Waals surface area contributed by atoms with Crippen LogP contribution in [0.15, 0.2) is 12.1 Å². The first-order valence-corrected chi connectivity index (χ1v) is 9.59. The van der Waals surface area contributed by atoms with Crippen LogP contribution < -0.4 is 21.7 Å². The molecule has 27 heavy (non-hydrogen) atoms. The third-order valence-electron chi connectivity index (χ3n) is 5.09. The van der Waals surface area contributed by atoms with Gasteiger partial charge in [0.15, 0.2) is 0 Å². The second kappa shape index (κ2) is 8.58. The average Bonchev–Trinajstić information content (AvgIpc) is 2.63. The highest BCUT2D eigenvalue weighted by Crippen LogP contribution is 2.38. The normalized spacial score (nSPS) is 24.7. The lowest BCUT2D eigenvalue weighted by molar-refractivity contribution is -0.127. The lowest BCUT2D eigenvalue weighted by Crippen LogP contribution is -2.40. The maximum Gasteiger partial charge on any atom is 0.316 e. The number of ether oxygens (including phenoxy) is 1. The number of aliphatic hydroxyl groups is 1. The summed E-state index contributed by atoms with van der Waals surface area (Å²) < 4.78 is 5.69. The lowest BCUT2D eigenvalue weighted by atomic mass is 9.91. The van der Waals surface area contributed by atoms with Crippen molar-refractivity contribution in [1.82, 2.24) is 0 Å². The number of benzene rings is 1. The van der Waals surface area contributed by atoms with Crippen LogP contribution in [0.4, 0.5) is 21.9 Å². The number of rotatable bonds is 6. The highest BCUT2D eigenvalue weighted by molar-refractivity contribution is 6.04. The molecule has 0 aromatic heterocycles. The van der Waals surface area contributed by atoms with Gasteiger partial charge in [-0.05, 0) is 31.4 Å². The van der Waals surface area contributed by atoms with E-state index in [4.69, 9.17) is 10.5 Å². The van der Waals surface area contributed by atoms with Gasteiger partial charge in [0, 0.05) is 24.3 Å². The fourth-order valence-electron chi connectivity index (χ4n) is 3.73. The van der Waals surface area contributed by atoms with E-state index in [1.165, 1.54) is 0 Å². The monoisotopic (exact) mass is 376 g/mol. The maximum absolute atomic E-state index is 12.4. The maximum atomic E-state index is 12.4. The van der Waals surface area contributed by atoms with E-state index in [0.29, 0.717) is 24.4 Å². The number of amides is 3. The molecule has 3 atom stereocenters. The molecule has 6 N–H and O–H groups in total. The minimum atomic E-state index is -0.695. The molecule has 1 fully saturated rings. The van der Waals surface area contributed by atoms with E-state index in [2.05, 4.69) is 16.0 Å². The van der Waals surface area contributed by atoms with Crippen LogP contribution >= 0.6 is 0 Å². The van der Waals surface area contributed by atoms with Crippen LogP contribution in [0.1, 0.15) is 44.6 Å². The van der Waals surface area contributed by atoms with Crippen molar-refractivity contribution in [3.8, 4) is 0 Å². The molecule has 1 aromatic carbocycles. The number of aliphatic hydroxyl groups excluding tert-OH is 1. The van der Waals surface area contributed by atoms with Crippen LogP contribution in [-0.2, 0) is 16.0 Å². The molecule has 8 nitrogen and oxygen atoms in total. The summed E-state index contributed by atoms with van der Waals surface area (Å²) in [5.41, 5.74) is 7.92. The quantitative estimate of drug-likeness (QED) is 0.520. The van der Waals surface area contributed by atoms with E-state index < -0.39 is 18.2 Å². The summed E-state index contributed by atoms with van der Waals surface area (Å²) in [5.74, 6) is -0.238. The molecule has 0 radical (unpaired) electrons. The average molecular weight is 376 g/mol. The summed E-state index contributed by atoms with van der Waals surface area (Å²) in [6, 6.07) is 2.82. The Morgan fingerprint density at radius 1 is 1.33 bits per heavy atom. The molecule has 1 heterocycles. The fourth-order valence-corrected chi connectivity index (χ4v) is 3.73. The van der Waals surface area contributed by atoms with Crippen molar-refractivity contribution in [1.29, 1.82) is 0 Å². The van der Waals surface area contributed by atoms with Gasteiger partial charge in [-0.3, -0.25) is 4.79 Å². The van der Waals surface area contributed by atoms with Crippen molar-refractivity contribution in [2.75, 3.05) is 22.6 Å². The van der Waals surface area contributed by atoms with E-state index in [0.717, 1.165) is 43.4 Å². The van der Waals surface area contributed by atoms with E-state index in [1.807, 2.05) is 13.0 Å². The Morgan fingerprint density at radius 2 is 2.07 bits per heavy atom. The molecular weight excluding hydrogens is 348 g/mol. The second-order valence-corrected chi connectivity index (χ2v) is 7.16. The Bertz CT molecular complexity index is 709. The topological polar surface area (TPSA) is 126 Å². The number of fused-ring (bicyclic) bond motifs is 1. The minimum Gasteiger partial charge on any atom is -0.391 e. The predicted octanol–water partition coefficient (Wildman–Crippen LogP) is 2.18. The van der Waals surface area contributed by atoms with Gasteiger partial charge in [-0.1, -0.05) is 19.8 Å². The Hall–Kier alpha value is -2.32. The van der Waals surface area contributed by atoms with Gasteiger partial charge in [0.05, 0.1) is 23.5 Å². The van der Waals surface area contributed by atoms with Crippen molar-refractivity contribution in [3.05, 3.63) is 17.7 Å². The summed E-state index contributed by atoms with van der Waals surface area (Å²) in [5, 5.41) is 19.1. The molecule has 8 heteroatoms. The number of primary amides is 1.